The maximum atomic E-state index is 13.3. The summed E-state index contributed by atoms with van der Waals surface area (Å²) in [6.07, 6.45) is 3.52. The molecule has 3 aromatic rings. The molecule has 2 aliphatic rings. The molecule has 0 spiro atoms. The summed E-state index contributed by atoms with van der Waals surface area (Å²) in [5.41, 5.74) is 4.59. The number of carbonyl (C=O) groups is 3. The van der Waals surface area contributed by atoms with Crippen molar-refractivity contribution in [3.05, 3.63) is 89.5 Å². The molecule has 2 amide bonds. The highest BCUT2D eigenvalue weighted by Crippen LogP contribution is 2.37. The Balaban J connectivity index is 1.42. The minimum absolute atomic E-state index is 0.0598. The molecule has 0 aromatic heterocycles. The van der Waals surface area contributed by atoms with E-state index in [9.17, 15) is 14.4 Å². The van der Waals surface area contributed by atoms with E-state index in [0.29, 0.717) is 29.2 Å². The van der Waals surface area contributed by atoms with Crippen molar-refractivity contribution in [1.29, 1.82) is 0 Å². The molecule has 0 radical (unpaired) electrons. The molecule has 1 atom stereocenters. The van der Waals surface area contributed by atoms with Crippen LogP contribution < -0.4 is 10.2 Å². The van der Waals surface area contributed by atoms with Gasteiger partial charge in [0.1, 0.15) is 5.92 Å². The molecule has 40 heavy (non-hydrogen) atoms. The van der Waals surface area contributed by atoms with Crippen molar-refractivity contribution in [3.63, 3.8) is 0 Å². The third-order valence-corrected chi connectivity index (χ3v) is 7.41. The summed E-state index contributed by atoms with van der Waals surface area (Å²) in [4.78, 5) is 47.2. The number of benzene rings is 3. The fourth-order valence-corrected chi connectivity index (χ4v) is 5.23. The highest BCUT2D eigenvalue weighted by Gasteiger charge is 2.36. The summed E-state index contributed by atoms with van der Waals surface area (Å²) >= 11 is 0. The van der Waals surface area contributed by atoms with Crippen molar-refractivity contribution >= 4 is 40.6 Å². The van der Waals surface area contributed by atoms with Crippen LogP contribution in [-0.2, 0) is 14.3 Å². The van der Waals surface area contributed by atoms with E-state index in [2.05, 4.69) is 10.2 Å². The molecule has 5 rings (SSSR count). The zero-order valence-electron chi connectivity index (χ0n) is 22.9. The first-order chi connectivity index (χ1) is 19.4. The lowest BCUT2D eigenvalue weighted by molar-refractivity contribution is -0.119. The summed E-state index contributed by atoms with van der Waals surface area (Å²) < 4.78 is 5.11. The second kappa shape index (κ2) is 12.3. The lowest BCUT2D eigenvalue weighted by Crippen LogP contribution is -2.40. The van der Waals surface area contributed by atoms with Crippen molar-refractivity contribution in [2.24, 2.45) is 4.99 Å². The number of hydrogen-bond donors (Lipinski definition) is 1. The Morgan fingerprint density at radius 2 is 1.70 bits per heavy atom. The summed E-state index contributed by atoms with van der Waals surface area (Å²) in [5, 5.41) is 2.92. The molecule has 1 saturated heterocycles. The van der Waals surface area contributed by atoms with Gasteiger partial charge in [-0.2, -0.15) is 0 Å². The fourth-order valence-electron chi connectivity index (χ4n) is 5.23. The number of rotatable bonds is 8. The second-order valence-corrected chi connectivity index (χ2v) is 10.1. The minimum atomic E-state index is -0.651. The van der Waals surface area contributed by atoms with E-state index in [4.69, 9.17) is 9.73 Å². The van der Waals surface area contributed by atoms with Gasteiger partial charge in [-0.25, -0.2) is 4.79 Å². The Hall–Kier alpha value is -4.30. The van der Waals surface area contributed by atoms with Gasteiger partial charge < -0.3 is 15.0 Å². The van der Waals surface area contributed by atoms with Gasteiger partial charge in [0, 0.05) is 18.4 Å². The largest absolute Gasteiger partial charge is 0.462 e. The quantitative estimate of drug-likeness (QED) is 0.316. The van der Waals surface area contributed by atoms with E-state index in [0.717, 1.165) is 42.7 Å². The van der Waals surface area contributed by atoms with Gasteiger partial charge in [-0.15, -0.1) is 0 Å². The van der Waals surface area contributed by atoms with Crippen LogP contribution in [0, 0.1) is 0 Å². The monoisotopic (exact) mass is 538 g/mol. The maximum Gasteiger partial charge on any atom is 0.338 e. The average Bonchev–Trinajstić information content (AvgIpc) is 3.31. The molecule has 3 aromatic carbocycles. The zero-order valence-corrected chi connectivity index (χ0v) is 22.9. The zero-order chi connectivity index (χ0) is 28.1. The van der Waals surface area contributed by atoms with E-state index in [1.807, 2.05) is 54.6 Å². The van der Waals surface area contributed by atoms with E-state index in [1.54, 1.807) is 37.1 Å². The van der Waals surface area contributed by atoms with E-state index < -0.39 is 11.9 Å². The summed E-state index contributed by atoms with van der Waals surface area (Å²) in [5.74, 6) is -1.23. The number of fused-ring (bicyclic) bond motifs is 1. The van der Waals surface area contributed by atoms with Crippen LogP contribution in [0.5, 0.6) is 0 Å². The molecular weight excluding hydrogens is 504 g/mol. The van der Waals surface area contributed by atoms with Crippen LogP contribution in [0.15, 0.2) is 77.8 Å². The smallest absolute Gasteiger partial charge is 0.338 e. The second-order valence-electron chi connectivity index (χ2n) is 10.1. The summed E-state index contributed by atoms with van der Waals surface area (Å²) in [6.45, 7) is 4.39. The van der Waals surface area contributed by atoms with E-state index in [1.165, 1.54) is 6.42 Å². The van der Waals surface area contributed by atoms with Crippen molar-refractivity contribution in [1.82, 2.24) is 4.90 Å². The van der Waals surface area contributed by atoms with Gasteiger partial charge in [0.25, 0.3) is 0 Å². The third-order valence-electron chi connectivity index (χ3n) is 7.41. The molecule has 0 aliphatic carbocycles. The van der Waals surface area contributed by atoms with Gasteiger partial charge in [0.2, 0.25) is 11.8 Å². The molecule has 2 heterocycles. The highest BCUT2D eigenvalue weighted by atomic mass is 16.5. The number of esters is 1. The number of nitrogens with one attached hydrogen (secondary N) is 1. The molecule has 1 fully saturated rings. The maximum absolute atomic E-state index is 13.3. The molecule has 0 saturated carbocycles. The number of likely N-dealkylation sites (tertiary alicyclic amines) is 1. The predicted octanol–water partition coefficient (Wildman–Crippen LogP) is 5.17. The lowest BCUT2D eigenvalue weighted by Gasteiger charge is -2.28. The van der Waals surface area contributed by atoms with Crippen molar-refractivity contribution in [2.45, 2.75) is 32.1 Å². The number of anilines is 2. The Morgan fingerprint density at radius 1 is 0.975 bits per heavy atom. The molecule has 1 unspecified atom stereocenters. The van der Waals surface area contributed by atoms with Gasteiger partial charge in [-0.05, 0) is 80.4 Å². The van der Waals surface area contributed by atoms with Gasteiger partial charge >= 0.3 is 5.97 Å². The molecule has 8 heteroatoms. The van der Waals surface area contributed by atoms with E-state index >= 15 is 0 Å². The molecule has 8 nitrogen and oxygen atoms in total. The molecule has 2 aliphatic heterocycles. The summed E-state index contributed by atoms with van der Waals surface area (Å²) in [6, 6.07) is 22.2. The van der Waals surface area contributed by atoms with Crippen LogP contribution in [-0.4, -0.2) is 61.7 Å². The lowest BCUT2D eigenvalue weighted by atomic mass is 9.90. The highest BCUT2D eigenvalue weighted by molar-refractivity contribution is 6.24. The van der Waals surface area contributed by atoms with Gasteiger partial charge in [-0.1, -0.05) is 42.8 Å². The standard InChI is InChI=1S/C32H34N4O4/c1-3-40-32(39)23-12-17-26-27(20-23)34-31(38)29(26)30(22-10-6-4-7-11-22)33-24-13-15-25(16-14-24)35(2)28(37)21-36-18-8-5-9-19-36/h4,6-7,10-17,20,29H,3,5,8-9,18-19,21H2,1-2H3,(H,34,38). The van der Waals surface area contributed by atoms with Crippen LogP contribution in [0.2, 0.25) is 0 Å². The van der Waals surface area contributed by atoms with Gasteiger partial charge in [0.15, 0.2) is 0 Å². The molecule has 1 N–H and O–H groups in total. The van der Waals surface area contributed by atoms with Crippen LogP contribution in [0.1, 0.15) is 53.6 Å². The number of likely N-dealkylation sites (N-methyl/N-ethyl adjacent to an activating group) is 1. The predicted molar refractivity (Wildman–Crippen MR) is 157 cm³/mol. The number of aliphatic imine (C=N–C) groups is 1. The third kappa shape index (κ3) is 5.97. The molecule has 0 bridgehead atoms. The van der Waals surface area contributed by atoms with Gasteiger partial charge in [0.05, 0.1) is 30.1 Å². The van der Waals surface area contributed by atoms with E-state index in [-0.39, 0.29) is 18.4 Å². The Morgan fingerprint density at radius 3 is 2.40 bits per heavy atom. The Kier molecular flexibility index (Phi) is 8.36. The van der Waals surface area contributed by atoms with Crippen LogP contribution in [0.3, 0.4) is 0 Å². The van der Waals surface area contributed by atoms with Crippen molar-refractivity contribution in [3.8, 4) is 0 Å². The number of hydrogen-bond acceptors (Lipinski definition) is 6. The first-order valence-electron chi connectivity index (χ1n) is 13.8. The van der Waals surface area contributed by atoms with Crippen LogP contribution in [0.4, 0.5) is 17.1 Å². The normalized spacial score (nSPS) is 17.2. The van der Waals surface area contributed by atoms with Gasteiger partial charge in [-0.3, -0.25) is 19.5 Å². The summed E-state index contributed by atoms with van der Waals surface area (Å²) in [7, 11) is 1.80. The first-order valence-corrected chi connectivity index (χ1v) is 13.8. The van der Waals surface area contributed by atoms with Crippen LogP contribution in [0.25, 0.3) is 0 Å². The average molecular weight is 539 g/mol. The number of ether oxygens (including phenoxy) is 1. The number of nitrogens with zero attached hydrogens (tertiary/aromatic N) is 3. The first kappa shape index (κ1) is 27.3. The number of piperidine rings is 1. The number of amides is 2. The topological polar surface area (TPSA) is 91.3 Å². The van der Waals surface area contributed by atoms with Crippen molar-refractivity contribution in [2.75, 3.05) is 43.5 Å². The Bertz CT molecular complexity index is 1410. The fraction of sp³-hybridized carbons (Fsp3) is 0.312. The molecule has 206 valence electrons. The molecular formula is C32H34N4O4. The van der Waals surface area contributed by atoms with Crippen LogP contribution >= 0.6 is 0 Å². The van der Waals surface area contributed by atoms with Crippen molar-refractivity contribution < 1.29 is 19.1 Å². The Labute approximate surface area is 234 Å². The number of carbonyl (C=O) groups excluding carboxylic acids is 3. The SMILES string of the molecule is CCOC(=O)c1ccc2c(c1)NC(=O)C2C(=Nc1ccc(N(C)C(=O)CN2CCCCC2)cc1)c1ccccc1. The minimum Gasteiger partial charge on any atom is -0.462 e.